The number of aryl methyl sites for hydroxylation is 2. The minimum Gasteiger partial charge on any atom is -0.393 e. The molecule has 1 aliphatic rings. The van der Waals surface area contributed by atoms with E-state index < -0.39 is 0 Å². The molecule has 3 atom stereocenters. The van der Waals surface area contributed by atoms with Crippen LogP contribution in [-0.4, -0.2) is 17.8 Å². The van der Waals surface area contributed by atoms with Crippen LogP contribution in [0.4, 0.5) is 0 Å². The van der Waals surface area contributed by atoms with Crippen LogP contribution in [-0.2, 0) is 6.42 Å². The van der Waals surface area contributed by atoms with E-state index in [9.17, 15) is 5.11 Å². The largest absolute Gasteiger partial charge is 0.393 e. The van der Waals surface area contributed by atoms with E-state index in [0.29, 0.717) is 12.0 Å². The first-order chi connectivity index (χ1) is 8.56. The molecule has 2 N–H and O–H groups in total. The molecule has 0 amide bonds. The number of benzene rings is 1. The Morgan fingerprint density at radius 3 is 2.89 bits per heavy atom. The zero-order chi connectivity index (χ0) is 13.1. The highest BCUT2D eigenvalue weighted by Crippen LogP contribution is 2.31. The fraction of sp³-hybridized carbons (Fsp3) is 0.625. The minimum atomic E-state index is -0.195. The quantitative estimate of drug-likeness (QED) is 0.838. The zero-order valence-corrected chi connectivity index (χ0v) is 11.7. The van der Waals surface area contributed by atoms with Gasteiger partial charge in [0.1, 0.15) is 0 Å². The first-order valence-corrected chi connectivity index (χ1v) is 7.07. The van der Waals surface area contributed by atoms with Crippen molar-refractivity contribution in [1.82, 2.24) is 5.32 Å². The Hall–Kier alpha value is -0.860. The van der Waals surface area contributed by atoms with Crippen molar-refractivity contribution in [3.8, 4) is 0 Å². The van der Waals surface area contributed by atoms with Crippen LogP contribution >= 0.6 is 0 Å². The molecule has 2 nitrogen and oxygen atoms in total. The van der Waals surface area contributed by atoms with Gasteiger partial charge >= 0.3 is 0 Å². The predicted molar refractivity (Wildman–Crippen MR) is 75.7 cm³/mol. The van der Waals surface area contributed by atoms with Crippen molar-refractivity contribution in [3.05, 3.63) is 34.9 Å². The molecule has 100 valence electrons. The van der Waals surface area contributed by atoms with E-state index in [-0.39, 0.29) is 6.10 Å². The second-order valence-corrected chi connectivity index (χ2v) is 5.89. The summed E-state index contributed by atoms with van der Waals surface area (Å²) >= 11 is 0. The van der Waals surface area contributed by atoms with Crippen molar-refractivity contribution < 1.29 is 5.11 Å². The molecular weight excluding hydrogens is 222 g/mol. The van der Waals surface area contributed by atoms with Crippen molar-refractivity contribution in [1.29, 1.82) is 0 Å². The monoisotopic (exact) mass is 247 g/mol. The summed E-state index contributed by atoms with van der Waals surface area (Å²) < 4.78 is 0. The molecular formula is C16H25NO. The van der Waals surface area contributed by atoms with Crippen LogP contribution in [0, 0.1) is 12.8 Å². The SMILES string of the molecule is Cc1ccc2c(c1)C(NCC(C)CC(C)O)CC2. The van der Waals surface area contributed by atoms with Gasteiger partial charge in [-0.1, -0.05) is 30.7 Å². The van der Waals surface area contributed by atoms with Gasteiger partial charge in [-0.3, -0.25) is 0 Å². The van der Waals surface area contributed by atoms with Gasteiger partial charge in [0.05, 0.1) is 6.10 Å². The van der Waals surface area contributed by atoms with E-state index in [1.807, 2.05) is 6.92 Å². The van der Waals surface area contributed by atoms with Gasteiger partial charge in [0.2, 0.25) is 0 Å². The summed E-state index contributed by atoms with van der Waals surface area (Å²) in [6.07, 6.45) is 3.08. The lowest BCUT2D eigenvalue weighted by molar-refractivity contribution is 0.162. The highest BCUT2D eigenvalue weighted by Gasteiger charge is 2.22. The minimum absolute atomic E-state index is 0.195. The molecule has 1 aromatic carbocycles. The standard InChI is InChI=1S/C16H25NO/c1-11-4-5-14-6-7-16(15(14)9-11)17-10-12(2)8-13(3)18/h4-5,9,12-13,16-18H,6-8,10H2,1-3H3. The van der Waals surface area contributed by atoms with E-state index >= 15 is 0 Å². The maximum absolute atomic E-state index is 9.38. The Morgan fingerprint density at radius 2 is 2.17 bits per heavy atom. The van der Waals surface area contributed by atoms with Crippen LogP contribution in [0.3, 0.4) is 0 Å². The van der Waals surface area contributed by atoms with Crippen LogP contribution in [0.5, 0.6) is 0 Å². The van der Waals surface area contributed by atoms with Crippen molar-refractivity contribution in [2.75, 3.05) is 6.54 Å². The lowest BCUT2D eigenvalue weighted by Gasteiger charge is -2.19. The molecule has 0 aromatic heterocycles. The molecule has 3 unspecified atom stereocenters. The van der Waals surface area contributed by atoms with Gasteiger partial charge < -0.3 is 10.4 Å². The molecule has 18 heavy (non-hydrogen) atoms. The summed E-state index contributed by atoms with van der Waals surface area (Å²) in [6.45, 7) is 7.21. The summed E-state index contributed by atoms with van der Waals surface area (Å²) in [5.41, 5.74) is 4.33. The summed E-state index contributed by atoms with van der Waals surface area (Å²) in [4.78, 5) is 0. The maximum atomic E-state index is 9.38. The molecule has 0 aliphatic heterocycles. The number of aliphatic hydroxyl groups is 1. The van der Waals surface area contributed by atoms with Crippen molar-refractivity contribution in [2.24, 2.45) is 5.92 Å². The van der Waals surface area contributed by atoms with E-state index in [1.165, 1.54) is 29.5 Å². The molecule has 2 rings (SSSR count). The van der Waals surface area contributed by atoms with Crippen molar-refractivity contribution in [2.45, 2.75) is 52.2 Å². The Balaban J connectivity index is 1.91. The van der Waals surface area contributed by atoms with Gasteiger partial charge in [-0.2, -0.15) is 0 Å². The van der Waals surface area contributed by atoms with Crippen LogP contribution in [0.1, 0.15) is 49.4 Å². The Morgan fingerprint density at radius 1 is 1.39 bits per heavy atom. The van der Waals surface area contributed by atoms with Crippen LogP contribution < -0.4 is 5.32 Å². The summed E-state index contributed by atoms with van der Waals surface area (Å²) in [7, 11) is 0. The molecule has 1 aromatic rings. The van der Waals surface area contributed by atoms with E-state index in [1.54, 1.807) is 0 Å². The number of hydrogen-bond acceptors (Lipinski definition) is 2. The topological polar surface area (TPSA) is 32.3 Å². The van der Waals surface area contributed by atoms with Crippen LogP contribution in [0.25, 0.3) is 0 Å². The third kappa shape index (κ3) is 3.33. The summed E-state index contributed by atoms with van der Waals surface area (Å²) in [5.74, 6) is 0.527. The second kappa shape index (κ2) is 5.85. The van der Waals surface area contributed by atoms with E-state index in [2.05, 4.69) is 37.4 Å². The summed E-state index contributed by atoms with van der Waals surface area (Å²) in [5, 5.41) is 13.0. The zero-order valence-electron chi connectivity index (χ0n) is 11.7. The number of fused-ring (bicyclic) bond motifs is 1. The van der Waals surface area contributed by atoms with Crippen LogP contribution in [0.2, 0.25) is 0 Å². The number of nitrogens with one attached hydrogen (secondary N) is 1. The number of hydrogen-bond donors (Lipinski definition) is 2. The van der Waals surface area contributed by atoms with Gasteiger partial charge in [0.25, 0.3) is 0 Å². The Kier molecular flexibility index (Phi) is 4.41. The molecule has 0 fully saturated rings. The first kappa shape index (κ1) is 13.6. The second-order valence-electron chi connectivity index (χ2n) is 5.89. The van der Waals surface area contributed by atoms with Gasteiger partial charge in [-0.25, -0.2) is 0 Å². The van der Waals surface area contributed by atoms with E-state index in [4.69, 9.17) is 0 Å². The Bertz CT molecular complexity index is 400. The molecule has 2 heteroatoms. The fourth-order valence-electron chi connectivity index (χ4n) is 2.94. The predicted octanol–water partition coefficient (Wildman–Crippen LogP) is 2.98. The molecule has 0 radical (unpaired) electrons. The third-order valence-electron chi connectivity index (χ3n) is 3.84. The van der Waals surface area contributed by atoms with Gasteiger partial charge in [-0.15, -0.1) is 0 Å². The number of aliphatic hydroxyl groups excluding tert-OH is 1. The molecule has 0 spiro atoms. The molecule has 0 bridgehead atoms. The molecule has 0 heterocycles. The lowest BCUT2D eigenvalue weighted by atomic mass is 10.0. The highest BCUT2D eigenvalue weighted by atomic mass is 16.3. The van der Waals surface area contributed by atoms with Crippen LogP contribution in [0.15, 0.2) is 18.2 Å². The highest BCUT2D eigenvalue weighted by molar-refractivity contribution is 5.37. The van der Waals surface area contributed by atoms with Gasteiger partial charge in [0.15, 0.2) is 0 Å². The molecule has 0 saturated carbocycles. The van der Waals surface area contributed by atoms with Crippen molar-refractivity contribution in [3.63, 3.8) is 0 Å². The number of rotatable bonds is 5. The maximum Gasteiger partial charge on any atom is 0.0515 e. The first-order valence-electron chi connectivity index (χ1n) is 7.07. The van der Waals surface area contributed by atoms with E-state index in [0.717, 1.165) is 13.0 Å². The normalized spacial score (nSPS) is 21.7. The Labute approximate surface area is 110 Å². The average Bonchev–Trinajstić information content (AvgIpc) is 2.68. The summed E-state index contributed by atoms with van der Waals surface area (Å²) in [6, 6.07) is 7.30. The van der Waals surface area contributed by atoms with Crippen molar-refractivity contribution >= 4 is 0 Å². The third-order valence-corrected chi connectivity index (χ3v) is 3.84. The lowest BCUT2D eigenvalue weighted by Crippen LogP contribution is -2.26. The van der Waals surface area contributed by atoms with Gasteiger partial charge in [0, 0.05) is 6.04 Å². The average molecular weight is 247 g/mol. The molecule has 0 saturated heterocycles. The van der Waals surface area contributed by atoms with Gasteiger partial charge in [-0.05, 0) is 56.7 Å². The fourth-order valence-corrected chi connectivity index (χ4v) is 2.94. The smallest absolute Gasteiger partial charge is 0.0515 e. The molecule has 1 aliphatic carbocycles.